The van der Waals surface area contributed by atoms with Crippen LogP contribution in [0.3, 0.4) is 0 Å². The summed E-state index contributed by atoms with van der Waals surface area (Å²) in [5, 5.41) is 18.9. The summed E-state index contributed by atoms with van der Waals surface area (Å²) in [6.45, 7) is 0.344. The highest BCUT2D eigenvalue weighted by molar-refractivity contribution is 5.91. The average molecular weight is 472 g/mol. The summed E-state index contributed by atoms with van der Waals surface area (Å²) < 4.78 is 48.5. The number of aliphatic hydroxyl groups is 1. The van der Waals surface area contributed by atoms with Crippen LogP contribution in [0.15, 0.2) is 22.9 Å². The number of nitrogens with one attached hydrogen (secondary N) is 2. The smallest absolute Gasteiger partial charge is 0.433 e. The molecule has 1 saturated heterocycles. The largest absolute Gasteiger partial charge is 0.441 e. The van der Waals surface area contributed by atoms with E-state index in [-0.39, 0.29) is 49.4 Å². The maximum atomic E-state index is 12.9. The van der Waals surface area contributed by atoms with E-state index in [1.807, 2.05) is 0 Å². The fourth-order valence-electron chi connectivity index (χ4n) is 3.34. The highest BCUT2D eigenvalue weighted by Gasteiger charge is 2.35. The zero-order valence-corrected chi connectivity index (χ0v) is 17.6. The minimum Gasteiger partial charge on any atom is -0.441 e. The molecular weight excluding hydrogens is 449 g/mol. The van der Waals surface area contributed by atoms with Gasteiger partial charge < -0.3 is 29.9 Å². The first-order chi connectivity index (χ1) is 15.7. The van der Waals surface area contributed by atoms with Crippen LogP contribution in [0, 0.1) is 5.92 Å². The number of hydrogen-bond donors (Lipinski definition) is 3. The molecule has 1 aliphatic rings. The molecule has 0 saturated carbocycles. The highest BCUT2D eigenvalue weighted by Crippen LogP contribution is 2.30. The number of aliphatic hydroxyl groups excluding tert-OH is 1. The zero-order chi connectivity index (χ0) is 24.0. The second kappa shape index (κ2) is 10.5. The fourth-order valence-corrected chi connectivity index (χ4v) is 3.34. The zero-order valence-electron chi connectivity index (χ0n) is 17.6. The Bertz CT molecular complexity index is 969. The van der Waals surface area contributed by atoms with Crippen LogP contribution in [0.2, 0.25) is 0 Å². The number of halogens is 3. The molecule has 3 heterocycles. The summed E-state index contributed by atoms with van der Waals surface area (Å²) in [6.07, 6.45) is -3.92. The van der Waals surface area contributed by atoms with Gasteiger partial charge in [0.05, 0.1) is 0 Å². The molecule has 3 N–H and O–H groups in total. The molecule has 0 bridgehead atoms. The summed E-state index contributed by atoms with van der Waals surface area (Å²) >= 11 is 0. The summed E-state index contributed by atoms with van der Waals surface area (Å²) in [5.41, 5.74) is -1.00. The molecule has 0 radical (unpaired) electrons. The topological polar surface area (TPSA) is 143 Å². The van der Waals surface area contributed by atoms with Crippen LogP contribution in [0.25, 0.3) is 0 Å². The second-order valence-electron chi connectivity index (χ2n) is 7.35. The van der Waals surface area contributed by atoms with Crippen LogP contribution in [-0.4, -0.2) is 58.6 Å². The summed E-state index contributed by atoms with van der Waals surface area (Å²) in [6, 6.07) is 2.13. The van der Waals surface area contributed by atoms with Crippen molar-refractivity contribution in [1.82, 2.24) is 25.8 Å². The quantitative estimate of drug-likeness (QED) is 0.549. The number of alkyl carbamates (subject to hydrolysis) is 1. The number of rotatable bonds is 7. The van der Waals surface area contributed by atoms with Crippen molar-refractivity contribution in [3.63, 3.8) is 0 Å². The third-order valence-electron chi connectivity index (χ3n) is 5.06. The third kappa shape index (κ3) is 6.54. The van der Waals surface area contributed by atoms with Gasteiger partial charge in [0.25, 0.3) is 5.91 Å². The Balaban J connectivity index is 1.40. The lowest BCUT2D eigenvalue weighted by Gasteiger charge is -2.36. The Labute approximate surface area is 186 Å². The van der Waals surface area contributed by atoms with Crippen molar-refractivity contribution in [3.8, 4) is 0 Å². The van der Waals surface area contributed by atoms with Crippen molar-refractivity contribution < 1.29 is 37.1 Å². The molecule has 2 amide bonds. The number of carbonyl (C=O) groups excluding carboxylic acids is 2. The lowest BCUT2D eigenvalue weighted by atomic mass is 9.92. The van der Waals surface area contributed by atoms with E-state index in [0.29, 0.717) is 12.8 Å². The van der Waals surface area contributed by atoms with E-state index in [1.54, 1.807) is 0 Å². The van der Waals surface area contributed by atoms with Gasteiger partial charge in [0.1, 0.15) is 11.9 Å². The summed E-state index contributed by atoms with van der Waals surface area (Å²) in [7, 11) is 1.45. The van der Waals surface area contributed by atoms with Crippen LogP contribution in [0.5, 0.6) is 0 Å². The van der Waals surface area contributed by atoms with Gasteiger partial charge in [-0.1, -0.05) is 5.16 Å². The minimum absolute atomic E-state index is 0.0340. The van der Waals surface area contributed by atoms with Crippen LogP contribution >= 0.6 is 0 Å². The SMILES string of the molecule is CNC(=O)c1cc(COC(=O)NCCC2CCN(c3nccc(C(F)(F)F)n3)C(O)C2)on1. The number of hydrogen-bond acceptors (Lipinski definition) is 9. The van der Waals surface area contributed by atoms with Gasteiger partial charge in [0, 0.05) is 32.4 Å². The average Bonchev–Trinajstić information content (AvgIpc) is 3.26. The Morgan fingerprint density at radius 1 is 1.39 bits per heavy atom. The van der Waals surface area contributed by atoms with Gasteiger partial charge in [-0.15, -0.1) is 0 Å². The molecule has 1 fully saturated rings. The van der Waals surface area contributed by atoms with Crippen LogP contribution in [-0.2, 0) is 17.5 Å². The molecule has 0 spiro atoms. The predicted octanol–water partition coefficient (Wildman–Crippen LogP) is 1.69. The van der Waals surface area contributed by atoms with Crippen LogP contribution < -0.4 is 15.5 Å². The molecule has 1 aliphatic heterocycles. The highest BCUT2D eigenvalue weighted by atomic mass is 19.4. The van der Waals surface area contributed by atoms with E-state index >= 15 is 0 Å². The van der Waals surface area contributed by atoms with E-state index < -0.39 is 30.1 Å². The molecule has 14 heteroatoms. The standard InChI is InChI=1S/C19H23F3N6O5/c1-23-16(30)13-9-12(33-27-13)10-32-18(31)25-5-2-11-4-7-28(15(29)8-11)17-24-6-3-14(26-17)19(20,21)22/h3,6,9,11,15,29H,2,4-5,7-8,10H2,1H3,(H,23,30)(H,25,31). The lowest BCUT2D eigenvalue weighted by molar-refractivity contribution is -0.141. The van der Waals surface area contributed by atoms with Crippen molar-refractivity contribution in [3.05, 3.63) is 35.5 Å². The molecule has 2 atom stereocenters. The number of carbonyl (C=O) groups is 2. The van der Waals surface area contributed by atoms with Gasteiger partial charge in [-0.2, -0.15) is 13.2 Å². The first kappa shape index (κ1) is 24.2. The molecule has 2 aromatic rings. The Morgan fingerprint density at radius 2 is 2.18 bits per heavy atom. The molecule has 0 aromatic carbocycles. The predicted molar refractivity (Wildman–Crippen MR) is 106 cm³/mol. The van der Waals surface area contributed by atoms with Gasteiger partial charge in [0.15, 0.2) is 18.1 Å². The maximum absolute atomic E-state index is 12.9. The van der Waals surface area contributed by atoms with Crippen molar-refractivity contribution >= 4 is 17.9 Å². The Hall–Kier alpha value is -3.42. The molecule has 33 heavy (non-hydrogen) atoms. The molecule has 3 rings (SSSR count). The Morgan fingerprint density at radius 3 is 2.88 bits per heavy atom. The van der Waals surface area contributed by atoms with Crippen molar-refractivity contribution in [2.45, 2.75) is 38.3 Å². The molecule has 2 unspecified atom stereocenters. The van der Waals surface area contributed by atoms with E-state index in [4.69, 9.17) is 9.26 Å². The minimum atomic E-state index is -4.60. The van der Waals surface area contributed by atoms with E-state index in [0.717, 1.165) is 12.3 Å². The molecule has 0 aliphatic carbocycles. The van der Waals surface area contributed by atoms with Gasteiger partial charge in [-0.25, -0.2) is 14.8 Å². The van der Waals surface area contributed by atoms with Crippen molar-refractivity contribution in [2.24, 2.45) is 5.92 Å². The summed E-state index contributed by atoms with van der Waals surface area (Å²) in [5.74, 6) is -0.366. The molecule has 11 nitrogen and oxygen atoms in total. The number of nitrogens with zero attached hydrogens (tertiary/aromatic N) is 4. The van der Waals surface area contributed by atoms with Gasteiger partial charge in [0.2, 0.25) is 5.95 Å². The lowest BCUT2D eigenvalue weighted by Crippen LogP contribution is -2.44. The molecule has 2 aromatic heterocycles. The summed E-state index contributed by atoms with van der Waals surface area (Å²) in [4.78, 5) is 31.9. The van der Waals surface area contributed by atoms with E-state index in [9.17, 15) is 27.9 Å². The number of anilines is 1. The second-order valence-corrected chi connectivity index (χ2v) is 7.35. The monoisotopic (exact) mass is 472 g/mol. The molecular formula is C19H23F3N6O5. The van der Waals surface area contributed by atoms with Crippen LogP contribution in [0.1, 0.15) is 41.2 Å². The van der Waals surface area contributed by atoms with Gasteiger partial charge in [-0.05, 0) is 31.2 Å². The van der Waals surface area contributed by atoms with Crippen molar-refractivity contribution in [2.75, 3.05) is 25.0 Å². The first-order valence-electron chi connectivity index (χ1n) is 10.1. The number of ether oxygens (including phenoxy) is 1. The van der Waals surface area contributed by atoms with Crippen LogP contribution in [0.4, 0.5) is 23.9 Å². The van der Waals surface area contributed by atoms with Gasteiger partial charge >= 0.3 is 12.3 Å². The number of piperidine rings is 1. The number of aromatic nitrogens is 3. The fraction of sp³-hybridized carbons (Fsp3) is 0.526. The maximum Gasteiger partial charge on any atom is 0.433 e. The third-order valence-corrected chi connectivity index (χ3v) is 5.06. The van der Waals surface area contributed by atoms with E-state index in [2.05, 4.69) is 25.8 Å². The first-order valence-corrected chi connectivity index (χ1v) is 10.1. The number of alkyl halides is 3. The van der Waals surface area contributed by atoms with Crippen molar-refractivity contribution in [1.29, 1.82) is 0 Å². The van der Waals surface area contributed by atoms with Gasteiger partial charge in [-0.3, -0.25) is 4.79 Å². The normalized spacial score (nSPS) is 18.6. The Kier molecular flexibility index (Phi) is 7.68. The molecule has 180 valence electrons. The number of amides is 2. The van der Waals surface area contributed by atoms with E-state index in [1.165, 1.54) is 18.0 Å².